The van der Waals surface area contributed by atoms with Crippen molar-refractivity contribution in [3.8, 4) is 0 Å². The summed E-state index contributed by atoms with van der Waals surface area (Å²) < 4.78 is 10.8. The summed E-state index contributed by atoms with van der Waals surface area (Å²) in [6.45, 7) is 5.76. The molecule has 3 heterocycles. The molecule has 6 heteroatoms. The number of hydrogen-bond acceptors (Lipinski definition) is 6. The lowest BCUT2D eigenvalue weighted by Gasteiger charge is -2.26. The molecular formula is C20H26N4O2. The fourth-order valence-electron chi connectivity index (χ4n) is 3.89. The van der Waals surface area contributed by atoms with Gasteiger partial charge in [-0.1, -0.05) is 23.4 Å². The minimum Gasteiger partial charge on any atom is -0.464 e. The Bertz CT molecular complexity index is 856. The molecule has 1 aliphatic heterocycles. The van der Waals surface area contributed by atoms with Crippen molar-refractivity contribution >= 4 is 11.0 Å². The summed E-state index contributed by atoms with van der Waals surface area (Å²) in [6.07, 6.45) is 5.48. The zero-order valence-electron chi connectivity index (χ0n) is 15.5. The van der Waals surface area contributed by atoms with Crippen LogP contribution in [0, 0.1) is 6.92 Å². The van der Waals surface area contributed by atoms with E-state index in [-0.39, 0.29) is 0 Å². The molecule has 0 N–H and O–H groups in total. The van der Waals surface area contributed by atoms with Gasteiger partial charge in [-0.3, -0.25) is 9.80 Å². The molecule has 0 bridgehead atoms. The van der Waals surface area contributed by atoms with E-state index in [9.17, 15) is 0 Å². The van der Waals surface area contributed by atoms with E-state index in [1.165, 1.54) is 23.8 Å². The highest BCUT2D eigenvalue weighted by Gasteiger charge is 2.22. The first-order chi connectivity index (χ1) is 12.7. The highest BCUT2D eigenvalue weighted by atomic mass is 16.5. The molecule has 1 fully saturated rings. The number of nitrogens with zero attached hydrogens (tertiary/aromatic N) is 4. The van der Waals surface area contributed by atoms with E-state index in [0.29, 0.717) is 11.9 Å². The van der Waals surface area contributed by atoms with Crippen molar-refractivity contribution in [2.45, 2.75) is 45.3 Å². The van der Waals surface area contributed by atoms with Crippen LogP contribution in [0.3, 0.4) is 0 Å². The smallest absolute Gasteiger partial charge is 0.223 e. The molecule has 0 aliphatic carbocycles. The van der Waals surface area contributed by atoms with Crippen molar-refractivity contribution in [1.82, 2.24) is 19.9 Å². The Morgan fingerprint density at radius 3 is 2.96 bits per heavy atom. The molecule has 1 aromatic carbocycles. The van der Waals surface area contributed by atoms with Crippen molar-refractivity contribution < 1.29 is 8.94 Å². The normalized spacial score (nSPS) is 19.3. The monoisotopic (exact) mass is 354 g/mol. The van der Waals surface area contributed by atoms with Gasteiger partial charge in [0.1, 0.15) is 5.58 Å². The molecule has 3 aromatic rings. The molecule has 0 saturated carbocycles. The molecule has 1 atom stereocenters. The topological polar surface area (TPSA) is 58.5 Å². The predicted molar refractivity (Wildman–Crippen MR) is 99.6 cm³/mol. The van der Waals surface area contributed by atoms with Gasteiger partial charge < -0.3 is 8.94 Å². The molecule has 26 heavy (non-hydrogen) atoms. The first kappa shape index (κ1) is 17.2. The van der Waals surface area contributed by atoms with Crippen molar-refractivity contribution in [2.75, 3.05) is 20.1 Å². The molecule has 0 amide bonds. The summed E-state index contributed by atoms with van der Waals surface area (Å²) in [6, 6.07) is 8.84. The minimum atomic E-state index is 0.555. The first-order valence-electron chi connectivity index (χ1n) is 9.36. The van der Waals surface area contributed by atoms with Gasteiger partial charge in [0.25, 0.3) is 0 Å². The van der Waals surface area contributed by atoms with Gasteiger partial charge >= 0.3 is 0 Å². The van der Waals surface area contributed by atoms with Crippen LogP contribution in [-0.2, 0) is 13.1 Å². The van der Waals surface area contributed by atoms with Crippen LogP contribution in [0.5, 0.6) is 0 Å². The number of fused-ring (bicyclic) bond motifs is 1. The van der Waals surface area contributed by atoms with Crippen molar-refractivity contribution in [3.63, 3.8) is 0 Å². The third-order valence-corrected chi connectivity index (χ3v) is 5.33. The quantitative estimate of drug-likeness (QED) is 0.698. The second-order valence-electron chi connectivity index (χ2n) is 7.26. The second kappa shape index (κ2) is 7.60. The lowest BCUT2D eigenvalue weighted by molar-refractivity contribution is 0.200. The third-order valence-electron chi connectivity index (χ3n) is 5.33. The van der Waals surface area contributed by atoms with Crippen LogP contribution in [0.1, 0.15) is 36.5 Å². The summed E-state index contributed by atoms with van der Waals surface area (Å²) >= 11 is 0. The Morgan fingerprint density at radius 1 is 1.23 bits per heavy atom. The number of aryl methyl sites for hydroxylation is 1. The maximum absolute atomic E-state index is 5.69. The number of furan rings is 1. The van der Waals surface area contributed by atoms with E-state index in [2.05, 4.69) is 39.1 Å². The molecule has 0 radical (unpaired) electrons. The van der Waals surface area contributed by atoms with Gasteiger partial charge in [-0.05, 0) is 45.5 Å². The fraction of sp³-hybridized carbons (Fsp3) is 0.500. The predicted octanol–water partition coefficient (Wildman–Crippen LogP) is 3.61. The summed E-state index contributed by atoms with van der Waals surface area (Å²) in [5.41, 5.74) is 2.26. The maximum Gasteiger partial charge on any atom is 0.223 e. The zero-order chi connectivity index (χ0) is 17.9. The average molecular weight is 354 g/mol. The average Bonchev–Trinajstić information content (AvgIpc) is 3.15. The van der Waals surface area contributed by atoms with Gasteiger partial charge in [0, 0.05) is 30.5 Å². The lowest BCUT2D eigenvalue weighted by atomic mass is 10.1. The standard InChI is InChI=1S/C20H26N4O2/c1-15-21-20(22-26-15)13-23(2)17-6-5-10-24(11-9-17)12-16-14-25-19-8-4-3-7-18(16)19/h3-4,7-8,14,17H,5-6,9-13H2,1-2H3. The molecule has 6 nitrogen and oxygen atoms in total. The SMILES string of the molecule is Cc1nc(CN(C)C2CCCN(Cc3coc4ccccc34)CC2)no1. The number of benzene rings is 1. The number of para-hydroxylation sites is 1. The summed E-state index contributed by atoms with van der Waals surface area (Å²) in [5.74, 6) is 1.41. The van der Waals surface area contributed by atoms with Gasteiger partial charge in [-0.15, -0.1) is 0 Å². The lowest BCUT2D eigenvalue weighted by Crippen LogP contribution is -2.33. The van der Waals surface area contributed by atoms with E-state index in [1.807, 2.05) is 25.3 Å². The molecule has 4 rings (SSSR count). The van der Waals surface area contributed by atoms with Crippen LogP contribution in [-0.4, -0.2) is 46.1 Å². The summed E-state index contributed by atoms with van der Waals surface area (Å²) in [7, 11) is 2.16. The van der Waals surface area contributed by atoms with Crippen LogP contribution in [0.25, 0.3) is 11.0 Å². The van der Waals surface area contributed by atoms with Crippen LogP contribution in [0.15, 0.2) is 39.5 Å². The summed E-state index contributed by atoms with van der Waals surface area (Å²) in [4.78, 5) is 9.23. The zero-order valence-corrected chi connectivity index (χ0v) is 15.5. The highest BCUT2D eigenvalue weighted by Crippen LogP contribution is 2.24. The number of aromatic nitrogens is 2. The fourth-order valence-corrected chi connectivity index (χ4v) is 3.89. The molecule has 138 valence electrons. The third kappa shape index (κ3) is 3.81. The number of likely N-dealkylation sites (tertiary alicyclic amines) is 1. The Kier molecular flexibility index (Phi) is 5.04. The van der Waals surface area contributed by atoms with E-state index in [4.69, 9.17) is 8.94 Å². The Hall–Kier alpha value is -2.18. The van der Waals surface area contributed by atoms with Crippen molar-refractivity contribution in [2.24, 2.45) is 0 Å². The van der Waals surface area contributed by atoms with E-state index in [0.717, 1.165) is 44.0 Å². The van der Waals surface area contributed by atoms with Crippen LogP contribution in [0.2, 0.25) is 0 Å². The van der Waals surface area contributed by atoms with Crippen LogP contribution >= 0.6 is 0 Å². The van der Waals surface area contributed by atoms with Gasteiger partial charge in [0.15, 0.2) is 5.82 Å². The second-order valence-corrected chi connectivity index (χ2v) is 7.26. The van der Waals surface area contributed by atoms with Gasteiger partial charge in [-0.2, -0.15) is 4.98 Å². The maximum atomic E-state index is 5.69. The van der Waals surface area contributed by atoms with Crippen LogP contribution in [0.4, 0.5) is 0 Å². The molecular weight excluding hydrogens is 328 g/mol. The minimum absolute atomic E-state index is 0.555. The van der Waals surface area contributed by atoms with Crippen LogP contribution < -0.4 is 0 Å². The Morgan fingerprint density at radius 2 is 2.12 bits per heavy atom. The Balaban J connectivity index is 1.35. The largest absolute Gasteiger partial charge is 0.464 e. The van der Waals surface area contributed by atoms with E-state index < -0.39 is 0 Å². The molecule has 1 saturated heterocycles. The van der Waals surface area contributed by atoms with E-state index >= 15 is 0 Å². The molecule has 0 spiro atoms. The van der Waals surface area contributed by atoms with Gasteiger partial charge in [0.2, 0.25) is 5.89 Å². The van der Waals surface area contributed by atoms with Gasteiger partial charge in [-0.25, -0.2) is 0 Å². The molecule has 1 aliphatic rings. The molecule has 1 unspecified atom stereocenters. The number of hydrogen-bond donors (Lipinski definition) is 0. The van der Waals surface area contributed by atoms with E-state index in [1.54, 1.807) is 0 Å². The van der Waals surface area contributed by atoms with Crippen molar-refractivity contribution in [3.05, 3.63) is 47.8 Å². The highest BCUT2D eigenvalue weighted by molar-refractivity contribution is 5.80. The Labute approximate surface area is 153 Å². The summed E-state index contributed by atoms with van der Waals surface area (Å²) in [5, 5.41) is 5.25. The molecule has 2 aromatic heterocycles. The van der Waals surface area contributed by atoms with Crippen molar-refractivity contribution in [1.29, 1.82) is 0 Å². The number of rotatable bonds is 5. The van der Waals surface area contributed by atoms with Gasteiger partial charge in [0.05, 0.1) is 12.8 Å². The first-order valence-corrected chi connectivity index (χ1v) is 9.36.